The Bertz CT molecular complexity index is 1660. The topological polar surface area (TPSA) is 147 Å². The zero-order chi connectivity index (χ0) is 44.8. The smallest absolute Gasteiger partial charge is 0.306 e. The van der Waals surface area contributed by atoms with Crippen LogP contribution in [-0.2, 0) is 42.2 Å². The molecule has 344 valence electrons. The highest BCUT2D eigenvalue weighted by Crippen LogP contribution is 2.45. The van der Waals surface area contributed by atoms with Crippen molar-refractivity contribution in [3.63, 3.8) is 0 Å². The van der Waals surface area contributed by atoms with E-state index in [1.165, 1.54) is 12.1 Å². The average Bonchev–Trinajstić information content (AvgIpc) is 3.82. The minimum absolute atomic E-state index is 0.00319. The van der Waals surface area contributed by atoms with Gasteiger partial charge < -0.3 is 33.3 Å². The van der Waals surface area contributed by atoms with E-state index in [9.17, 15) is 23.4 Å². The molecule has 0 saturated carbocycles. The molecule has 3 aliphatic heterocycles. The van der Waals surface area contributed by atoms with Crippen LogP contribution in [0.15, 0.2) is 41.3 Å². The number of hydrogen-bond donors (Lipinski definition) is 2. The molecule has 2 N–H and O–H groups in total. The van der Waals surface area contributed by atoms with Gasteiger partial charge >= 0.3 is 5.97 Å². The minimum atomic E-state index is -4.18. The molecule has 14 heteroatoms. The van der Waals surface area contributed by atoms with Gasteiger partial charge in [0.05, 0.1) is 53.2 Å². The predicted octanol–water partition coefficient (Wildman–Crippen LogP) is 9.68. The van der Waals surface area contributed by atoms with Crippen LogP contribution in [0, 0.1) is 6.92 Å². The molecule has 1 aromatic carbocycles. The lowest BCUT2D eigenvalue weighted by atomic mass is 9.80. The SMILES string of the molecule is C=C(CC[C@H](O[Si](CC)(CC)CC)[C@@]1(C)CC[C@H](C(C)(C)O[Si](CC)(CC)CC)O1)[C@@H](O)CC[C@H]1O[C@@H]([C@]2(C)CCC(=O)O2)CC[C@@]1(O)COS(=O)(=O)c1ccc(C)cc1. The molecule has 0 amide bonds. The third kappa shape index (κ3) is 12.0. The number of cyclic esters (lactones) is 1. The van der Waals surface area contributed by atoms with Crippen molar-refractivity contribution >= 4 is 32.7 Å². The Morgan fingerprint density at radius 2 is 1.53 bits per heavy atom. The molecule has 4 rings (SSSR count). The zero-order valence-electron chi connectivity index (χ0n) is 38.9. The largest absolute Gasteiger partial charge is 0.457 e. The maximum atomic E-state index is 13.2. The van der Waals surface area contributed by atoms with Crippen molar-refractivity contribution in [1.82, 2.24) is 0 Å². The maximum Gasteiger partial charge on any atom is 0.306 e. The third-order valence-corrected chi connectivity index (χ3v) is 25.6. The number of rotatable bonds is 24. The normalized spacial score (nSPS) is 29.1. The summed E-state index contributed by atoms with van der Waals surface area (Å²) in [7, 11) is -8.14. The van der Waals surface area contributed by atoms with Crippen molar-refractivity contribution in [2.24, 2.45) is 0 Å². The molecular weight excluding hydrogens is 817 g/mol. The number of esters is 1. The lowest BCUT2D eigenvalue weighted by Gasteiger charge is -2.46. The molecule has 11 nitrogen and oxygen atoms in total. The number of carbonyl (C=O) groups excluding carboxylic acids is 1. The molecule has 1 aromatic rings. The van der Waals surface area contributed by atoms with Gasteiger partial charge in [0.15, 0.2) is 16.6 Å². The van der Waals surface area contributed by atoms with Gasteiger partial charge in [0, 0.05) is 6.42 Å². The van der Waals surface area contributed by atoms with Crippen molar-refractivity contribution in [2.75, 3.05) is 6.61 Å². The van der Waals surface area contributed by atoms with Gasteiger partial charge in [0.2, 0.25) is 0 Å². The van der Waals surface area contributed by atoms with E-state index in [2.05, 4.69) is 68.9 Å². The highest BCUT2D eigenvalue weighted by Gasteiger charge is 2.53. The van der Waals surface area contributed by atoms with Gasteiger partial charge in [-0.1, -0.05) is 65.8 Å². The van der Waals surface area contributed by atoms with Crippen molar-refractivity contribution in [3.8, 4) is 0 Å². The summed E-state index contributed by atoms with van der Waals surface area (Å²) in [6.07, 6.45) is 1.92. The van der Waals surface area contributed by atoms with Crippen LogP contribution in [0.4, 0.5) is 0 Å². The third-order valence-electron chi connectivity index (χ3n) is 14.8. The number of aliphatic hydroxyl groups is 2. The van der Waals surface area contributed by atoms with Gasteiger partial charge in [-0.15, -0.1) is 0 Å². The Morgan fingerprint density at radius 3 is 2.08 bits per heavy atom. The number of ether oxygens (including phenoxy) is 3. The molecule has 3 saturated heterocycles. The summed E-state index contributed by atoms with van der Waals surface area (Å²) in [4.78, 5) is 12.2. The van der Waals surface area contributed by atoms with E-state index in [0.29, 0.717) is 31.3 Å². The van der Waals surface area contributed by atoms with Crippen LogP contribution in [0.1, 0.15) is 139 Å². The number of aliphatic hydroxyl groups excluding tert-OH is 1. The van der Waals surface area contributed by atoms with E-state index < -0.39 is 74.1 Å². The molecule has 3 heterocycles. The highest BCUT2D eigenvalue weighted by atomic mass is 32.2. The Morgan fingerprint density at radius 1 is 0.933 bits per heavy atom. The molecule has 0 spiro atoms. The second-order valence-corrected chi connectivity index (χ2v) is 30.1. The van der Waals surface area contributed by atoms with Gasteiger partial charge in [-0.25, -0.2) is 0 Å². The molecule has 3 fully saturated rings. The summed E-state index contributed by atoms with van der Waals surface area (Å²) in [5, 5.41) is 23.7. The Hall–Kier alpha value is -1.47. The van der Waals surface area contributed by atoms with E-state index in [1.807, 2.05) is 13.8 Å². The fourth-order valence-corrected chi connectivity index (χ4v) is 16.9. The average molecular weight is 897 g/mol. The van der Waals surface area contributed by atoms with E-state index in [4.69, 9.17) is 27.2 Å². The molecule has 8 atom stereocenters. The van der Waals surface area contributed by atoms with Crippen LogP contribution in [0.3, 0.4) is 0 Å². The molecule has 0 bridgehead atoms. The van der Waals surface area contributed by atoms with Gasteiger partial charge in [-0.2, -0.15) is 8.42 Å². The molecule has 60 heavy (non-hydrogen) atoms. The first-order valence-corrected chi connectivity index (χ1v) is 29.5. The van der Waals surface area contributed by atoms with Gasteiger partial charge in [-0.3, -0.25) is 8.98 Å². The summed E-state index contributed by atoms with van der Waals surface area (Å²) in [5.41, 5.74) is -1.97. The molecule has 0 aromatic heterocycles. The van der Waals surface area contributed by atoms with E-state index in [1.54, 1.807) is 12.1 Å². The van der Waals surface area contributed by atoms with Crippen LogP contribution in [0.2, 0.25) is 36.3 Å². The summed E-state index contributed by atoms with van der Waals surface area (Å²) >= 11 is 0. The van der Waals surface area contributed by atoms with Crippen molar-refractivity contribution in [1.29, 1.82) is 0 Å². The summed E-state index contributed by atoms with van der Waals surface area (Å²) < 4.78 is 65.6. The van der Waals surface area contributed by atoms with Gasteiger partial charge in [0.1, 0.15) is 11.2 Å². The highest BCUT2D eigenvalue weighted by molar-refractivity contribution is 7.86. The molecule has 0 aliphatic carbocycles. The fourth-order valence-electron chi connectivity index (χ4n) is 9.74. The molecule has 3 aliphatic rings. The standard InChI is InChI=1S/C46H80O11SSi2/c1-13-59(14-2,15-3)56-40(45(12)30-27-38(54-45)43(9,10)57-60(16-4,17-5)18-6)25-21-35(8)37(47)24-26-41-46(49,32-28-39(53-41)44(11)31-29-42(48)55-44)33-52-58(50,51)36-22-19-34(7)20-23-36/h19-20,22-23,37-41,47,49H,8,13-18,21,24-33H2,1-7,9-12H3/t37-,38+,39+,40-,41+,44-,45+,46+/m0/s1. The Labute approximate surface area is 365 Å². The van der Waals surface area contributed by atoms with Crippen LogP contribution in [-0.4, -0.2) is 101 Å². The molecule has 0 unspecified atom stereocenters. The van der Waals surface area contributed by atoms with Crippen LogP contribution < -0.4 is 0 Å². The van der Waals surface area contributed by atoms with Crippen molar-refractivity contribution in [3.05, 3.63) is 42.0 Å². The Balaban J connectivity index is 1.49. The minimum Gasteiger partial charge on any atom is -0.457 e. The Kier molecular flexibility index (Phi) is 17.5. The monoisotopic (exact) mass is 896 g/mol. The first-order valence-electron chi connectivity index (χ1n) is 23.0. The summed E-state index contributed by atoms with van der Waals surface area (Å²) in [5.74, 6) is -0.297. The predicted molar refractivity (Wildman–Crippen MR) is 241 cm³/mol. The first kappa shape index (κ1) is 51.2. The second-order valence-electron chi connectivity index (χ2n) is 19.1. The van der Waals surface area contributed by atoms with Crippen LogP contribution in [0.25, 0.3) is 0 Å². The van der Waals surface area contributed by atoms with Crippen LogP contribution >= 0.6 is 0 Å². The summed E-state index contributed by atoms with van der Waals surface area (Å²) in [6, 6.07) is 12.6. The van der Waals surface area contributed by atoms with E-state index in [-0.39, 0.29) is 48.8 Å². The van der Waals surface area contributed by atoms with E-state index >= 15 is 0 Å². The second kappa shape index (κ2) is 20.6. The fraction of sp³-hybridized carbons (Fsp3) is 0.804. The van der Waals surface area contributed by atoms with Crippen molar-refractivity contribution < 1.29 is 50.7 Å². The van der Waals surface area contributed by atoms with Crippen LogP contribution in [0.5, 0.6) is 0 Å². The number of aryl methyl sites for hydroxylation is 1. The lowest BCUT2D eigenvalue weighted by Crippen LogP contribution is -2.57. The maximum absolute atomic E-state index is 13.2. The number of hydrogen-bond acceptors (Lipinski definition) is 11. The van der Waals surface area contributed by atoms with Gasteiger partial charge in [0.25, 0.3) is 10.1 Å². The van der Waals surface area contributed by atoms with Crippen molar-refractivity contribution in [2.45, 2.75) is 234 Å². The summed E-state index contributed by atoms with van der Waals surface area (Å²) in [6.45, 7) is 27.6. The molecule has 0 radical (unpaired) electrons. The number of carbonyl (C=O) groups is 1. The zero-order valence-corrected chi connectivity index (χ0v) is 41.7. The first-order chi connectivity index (χ1) is 28.0. The number of benzene rings is 1. The molecular formula is C46H80O11SSi2. The van der Waals surface area contributed by atoms with Gasteiger partial charge in [-0.05, 0) is 146 Å². The van der Waals surface area contributed by atoms with E-state index in [0.717, 1.165) is 54.7 Å². The lowest BCUT2D eigenvalue weighted by molar-refractivity contribution is -0.229. The quantitative estimate of drug-likeness (QED) is 0.0443.